The molecule has 3 aliphatic carbocycles. The highest BCUT2D eigenvalue weighted by atomic mass is 19.1. The van der Waals surface area contributed by atoms with Crippen molar-refractivity contribution in [2.75, 3.05) is 6.61 Å². The van der Waals surface area contributed by atoms with Gasteiger partial charge < -0.3 is 69.0 Å². The molecule has 12 rings (SSSR count). The van der Waals surface area contributed by atoms with Crippen LogP contribution in [0.15, 0.2) is 145 Å². The van der Waals surface area contributed by atoms with Gasteiger partial charge in [-0.1, -0.05) is 86.6 Å². The number of ether oxygens (including phenoxy) is 8. The smallest absolute Gasteiger partial charge is 0.340 e. The Bertz CT molecular complexity index is 4240. The molecule has 96 heavy (non-hydrogen) atoms. The van der Waals surface area contributed by atoms with Crippen molar-refractivity contribution < 1.29 is 110 Å². The molecular formula is C71H64F2N2O21. The number of aromatic hydroxyl groups is 2. The second-order valence-electron chi connectivity index (χ2n) is 25.5. The van der Waals surface area contributed by atoms with Crippen LogP contribution in [0.1, 0.15) is 131 Å². The number of amides is 2. The first-order chi connectivity index (χ1) is 45.5. The van der Waals surface area contributed by atoms with Gasteiger partial charge in [0.1, 0.15) is 47.6 Å². The van der Waals surface area contributed by atoms with E-state index in [9.17, 15) is 58.8 Å². The van der Waals surface area contributed by atoms with Gasteiger partial charge >= 0.3 is 35.8 Å². The van der Waals surface area contributed by atoms with Gasteiger partial charge in [0.2, 0.25) is 0 Å². The third-order valence-corrected chi connectivity index (χ3v) is 19.6. The molecule has 2 bridgehead atoms. The number of ketones is 1. The minimum Gasteiger partial charge on any atom is -0.505 e. The van der Waals surface area contributed by atoms with E-state index in [1.165, 1.54) is 83.1 Å². The summed E-state index contributed by atoms with van der Waals surface area (Å²) in [4.78, 5) is 131. The number of aliphatic hydroxyl groups is 2. The van der Waals surface area contributed by atoms with Crippen molar-refractivity contribution in [3.05, 3.63) is 201 Å². The van der Waals surface area contributed by atoms with Crippen LogP contribution in [0, 0.1) is 28.4 Å². The molecule has 498 valence electrons. The summed E-state index contributed by atoms with van der Waals surface area (Å²) in [7, 11) is 0. The van der Waals surface area contributed by atoms with Crippen molar-refractivity contribution in [1.29, 1.82) is 0 Å². The Labute approximate surface area is 546 Å². The molecule has 23 nitrogen and oxygen atoms in total. The Morgan fingerprint density at radius 1 is 0.677 bits per heavy atom. The highest BCUT2D eigenvalue weighted by molar-refractivity contribution is 6.03. The Morgan fingerprint density at radius 2 is 1.26 bits per heavy atom. The minimum atomic E-state index is -2.65. The van der Waals surface area contributed by atoms with Crippen LogP contribution in [0.5, 0.6) is 23.0 Å². The van der Waals surface area contributed by atoms with Crippen LogP contribution >= 0.6 is 0 Å². The lowest BCUT2D eigenvalue weighted by atomic mass is 9.44. The van der Waals surface area contributed by atoms with Gasteiger partial charge in [-0.2, -0.15) is 0 Å². The van der Waals surface area contributed by atoms with Crippen molar-refractivity contribution in [1.82, 2.24) is 10.6 Å². The van der Waals surface area contributed by atoms with Crippen molar-refractivity contribution in [3.8, 4) is 23.0 Å². The molecular weight excluding hydrogens is 1250 g/mol. The average Bonchev–Trinajstić information content (AvgIpc) is 0.749. The van der Waals surface area contributed by atoms with E-state index in [0.29, 0.717) is 0 Å². The van der Waals surface area contributed by atoms with E-state index in [1.54, 1.807) is 54.6 Å². The van der Waals surface area contributed by atoms with Crippen LogP contribution in [0.25, 0.3) is 0 Å². The maximum absolute atomic E-state index is 16.6. The van der Waals surface area contributed by atoms with Crippen LogP contribution in [0.2, 0.25) is 0 Å². The Kier molecular flexibility index (Phi) is 16.5. The molecule has 1 saturated heterocycles. The fraction of sp³-hybridized carbons (Fsp3) is 0.338. The number of hydrogen-bond acceptors (Lipinski definition) is 21. The SMILES string of the molecule is CC(=O)O[C@H]1C(=O)[C@]2(C)[C@@H](OC(=O)[C@H](C)NC(=O)c3ccc4c(c3)C(=O)OC43c4cc(F)c(O)cc4Oc4cc(O)c(F)cc43)C[C@H]3OC[C@@]3(OC(C)=O)[C@H]2[C@H](OC(=O)c2ccccc2)[C@]2(O)C[C@H](OC(=O)[C@H](O)[C@@H](NC(=O)c3ccccc3)c3ccccc3)C(C)=C1C2(C)C. The monoisotopic (exact) mass is 1320 g/mol. The largest absolute Gasteiger partial charge is 0.505 e. The number of hydrogen-bond donors (Lipinski definition) is 6. The molecule has 6 aromatic carbocycles. The third-order valence-electron chi connectivity index (χ3n) is 19.6. The van der Waals surface area contributed by atoms with Crippen LogP contribution in [0.4, 0.5) is 8.78 Å². The number of rotatable bonds is 14. The summed E-state index contributed by atoms with van der Waals surface area (Å²) in [5, 5.41) is 52.2. The second-order valence-corrected chi connectivity index (χ2v) is 25.5. The predicted molar refractivity (Wildman–Crippen MR) is 326 cm³/mol. The molecule has 2 saturated carbocycles. The quantitative estimate of drug-likeness (QED) is 0.0352. The Balaban J connectivity index is 0.919. The van der Waals surface area contributed by atoms with Gasteiger partial charge in [0.05, 0.1) is 46.2 Å². The lowest BCUT2D eigenvalue weighted by Crippen LogP contribution is -2.82. The number of aliphatic hydroxyl groups excluding tert-OH is 1. The van der Waals surface area contributed by atoms with Gasteiger partial charge in [-0.25, -0.2) is 28.0 Å². The number of Topliss-reactive ketones (excluding diaryl/α,β-unsaturated/α-hetero) is 1. The number of phenolic OH excluding ortho intramolecular Hbond substituents is 2. The number of carbonyl (C=O) groups excluding carboxylic acids is 9. The predicted octanol–water partition coefficient (Wildman–Crippen LogP) is 7.36. The number of phenols is 2. The zero-order chi connectivity index (χ0) is 68.9. The highest BCUT2D eigenvalue weighted by Crippen LogP contribution is 2.65. The summed E-state index contributed by atoms with van der Waals surface area (Å²) in [5.41, 5.74) is -11.9. The zero-order valence-electron chi connectivity index (χ0n) is 52.5. The van der Waals surface area contributed by atoms with Crippen LogP contribution in [-0.4, -0.2) is 134 Å². The number of benzene rings is 6. The number of esters is 6. The van der Waals surface area contributed by atoms with E-state index in [0.717, 1.165) is 44.2 Å². The van der Waals surface area contributed by atoms with E-state index in [2.05, 4.69) is 10.6 Å². The normalized spacial score (nSPS) is 26.2. The molecule has 3 fully saturated rings. The van der Waals surface area contributed by atoms with Crippen molar-refractivity contribution >= 4 is 53.4 Å². The van der Waals surface area contributed by atoms with Gasteiger partial charge in [-0.15, -0.1) is 0 Å². The molecule has 6 aromatic rings. The summed E-state index contributed by atoms with van der Waals surface area (Å²) in [6.45, 7) is 8.46. The highest BCUT2D eigenvalue weighted by Gasteiger charge is 2.79. The van der Waals surface area contributed by atoms with Gasteiger partial charge in [0, 0.05) is 60.9 Å². The van der Waals surface area contributed by atoms with E-state index < -0.39 is 178 Å². The molecule has 3 aliphatic heterocycles. The molecule has 0 unspecified atom stereocenters. The van der Waals surface area contributed by atoms with Crippen molar-refractivity contribution in [2.24, 2.45) is 16.7 Å². The molecule has 12 atom stereocenters. The van der Waals surface area contributed by atoms with Crippen LogP contribution in [0.3, 0.4) is 0 Å². The lowest BCUT2D eigenvalue weighted by molar-refractivity contribution is -0.346. The Hall–Kier alpha value is -10.4. The molecule has 2 amide bonds. The third kappa shape index (κ3) is 10.6. The summed E-state index contributed by atoms with van der Waals surface area (Å²) in [5.74, 6) is -15.8. The number of fused-ring (bicyclic) bond motifs is 11. The summed E-state index contributed by atoms with van der Waals surface area (Å²) >= 11 is 0. The fourth-order valence-electron chi connectivity index (χ4n) is 14.8. The van der Waals surface area contributed by atoms with Gasteiger partial charge in [-0.3, -0.25) is 24.0 Å². The molecule has 6 N–H and O–H groups in total. The van der Waals surface area contributed by atoms with E-state index in [1.807, 2.05) is 0 Å². The van der Waals surface area contributed by atoms with Crippen LogP contribution in [-0.2, 0) is 62.7 Å². The maximum atomic E-state index is 16.6. The fourth-order valence-corrected chi connectivity index (χ4v) is 14.8. The molecule has 3 heterocycles. The molecule has 1 spiro atoms. The molecule has 6 aliphatic rings. The molecule has 0 aromatic heterocycles. The summed E-state index contributed by atoms with van der Waals surface area (Å²) in [6, 6.07) is 27.4. The number of halogens is 2. The molecule has 25 heteroatoms. The number of nitrogens with one attached hydrogen (secondary N) is 2. The van der Waals surface area contributed by atoms with Crippen LogP contribution < -0.4 is 15.4 Å². The average molecular weight is 1320 g/mol. The van der Waals surface area contributed by atoms with E-state index >= 15 is 13.6 Å². The minimum absolute atomic E-state index is 0.0191. The first-order valence-electron chi connectivity index (χ1n) is 30.6. The standard InChI is InChI=1S/C71H64F2N2O21/c1-33-51(92-66(87)56(80)55(37-17-11-8-12-18-37)75-61(82)38-19-13-9-14-20-38)31-70(88)60(94-64(85)39-21-15-10-16-22-39)58-68(7,59(81)57(90-35(3)76)54(33)67(70,5)6)52(30-53-69(58,32-89-53)95-36(4)77)93-63(84)34(2)74-62(83)40-23-24-42-41(25-40)65(86)96-71(42)43-26-45(72)47(78)28-49(43)91-50-29-48(79)46(73)27-44(50)71/h8-29,34,51-53,55-58,60,78-80,88H,30-32H2,1-7H3,(H,74,83)(H,75,82)/t34-,51-,52-,53+,55-,56+,57+,58-,60-,68+,69-,70+/m0/s1. The van der Waals surface area contributed by atoms with Crippen molar-refractivity contribution in [2.45, 2.75) is 127 Å². The second kappa shape index (κ2) is 24.1. The number of carbonyl (C=O) groups is 9. The van der Waals surface area contributed by atoms with Gasteiger partial charge in [-0.05, 0) is 86.0 Å². The Morgan fingerprint density at radius 3 is 1.83 bits per heavy atom. The summed E-state index contributed by atoms with van der Waals surface area (Å²) < 4.78 is 79.8. The zero-order valence-corrected chi connectivity index (χ0v) is 52.5. The van der Waals surface area contributed by atoms with Crippen molar-refractivity contribution in [3.63, 3.8) is 0 Å². The topological polar surface area (TPSA) is 332 Å². The maximum Gasteiger partial charge on any atom is 0.340 e. The lowest BCUT2D eigenvalue weighted by Gasteiger charge is -2.67. The summed E-state index contributed by atoms with van der Waals surface area (Å²) in [6.07, 6.45) is -12.3. The first kappa shape index (κ1) is 65.7. The van der Waals surface area contributed by atoms with E-state index in [-0.39, 0.29) is 67.2 Å². The first-order valence-corrected chi connectivity index (χ1v) is 30.6. The van der Waals surface area contributed by atoms with E-state index in [4.69, 9.17) is 37.9 Å². The van der Waals surface area contributed by atoms with Gasteiger partial charge in [0.25, 0.3) is 11.8 Å². The van der Waals surface area contributed by atoms with Gasteiger partial charge in [0.15, 0.2) is 52.3 Å². The molecule has 0 radical (unpaired) electrons.